The minimum absolute atomic E-state index is 0.218. The molecule has 0 radical (unpaired) electrons. The van der Waals surface area contributed by atoms with Gasteiger partial charge < -0.3 is 9.84 Å². The molecule has 1 saturated carbocycles. The predicted octanol–water partition coefficient (Wildman–Crippen LogP) is 3.42. The van der Waals surface area contributed by atoms with Crippen molar-refractivity contribution in [1.82, 2.24) is 5.16 Å². The number of carbonyl (C=O) groups excluding carboxylic acids is 1. The predicted molar refractivity (Wildman–Crippen MR) is 72.3 cm³/mol. The lowest BCUT2D eigenvalue weighted by Crippen LogP contribution is -2.13. The largest absolute Gasteiger partial charge is 0.360 e. The maximum absolute atomic E-state index is 12.1. The summed E-state index contributed by atoms with van der Waals surface area (Å²) < 4.78 is 5.19. The molecule has 0 unspecified atom stereocenters. The smallest absolute Gasteiger partial charge is 0.277 e. The lowest BCUT2D eigenvalue weighted by atomic mass is 10.1. The van der Waals surface area contributed by atoms with E-state index in [-0.39, 0.29) is 5.91 Å². The topological polar surface area (TPSA) is 55.1 Å². The summed E-state index contributed by atoms with van der Waals surface area (Å²) in [5, 5.41) is 6.72. The van der Waals surface area contributed by atoms with Gasteiger partial charge in [-0.1, -0.05) is 17.3 Å². The van der Waals surface area contributed by atoms with E-state index in [1.807, 2.05) is 32.0 Å². The number of hydrogen-bond acceptors (Lipinski definition) is 3. The Hall–Kier alpha value is -2.10. The van der Waals surface area contributed by atoms with Crippen LogP contribution in [0.25, 0.3) is 0 Å². The molecular weight excluding hydrogens is 240 g/mol. The van der Waals surface area contributed by atoms with Crippen LogP contribution in [0.5, 0.6) is 0 Å². The molecule has 0 atom stereocenters. The Labute approximate surface area is 111 Å². The number of aromatic nitrogens is 1. The minimum atomic E-state index is -0.218. The summed E-state index contributed by atoms with van der Waals surface area (Å²) in [6.45, 7) is 4.01. The minimum Gasteiger partial charge on any atom is -0.360 e. The Bertz CT molecular complexity index is 627. The molecule has 3 rings (SSSR count). The fraction of sp³-hybridized carbons (Fsp3) is 0.333. The number of nitrogens with zero attached hydrogens (tertiary/aromatic N) is 1. The van der Waals surface area contributed by atoms with E-state index in [4.69, 9.17) is 4.52 Å². The van der Waals surface area contributed by atoms with Crippen molar-refractivity contribution < 1.29 is 9.32 Å². The molecule has 0 bridgehead atoms. The molecule has 1 amide bonds. The van der Waals surface area contributed by atoms with Crippen LogP contribution in [0.1, 0.15) is 46.1 Å². The van der Waals surface area contributed by atoms with E-state index in [1.54, 1.807) is 6.07 Å². The first-order valence-corrected chi connectivity index (χ1v) is 6.49. The zero-order valence-corrected chi connectivity index (χ0v) is 11.1. The quantitative estimate of drug-likeness (QED) is 0.915. The van der Waals surface area contributed by atoms with Gasteiger partial charge in [0.25, 0.3) is 5.91 Å². The summed E-state index contributed by atoms with van der Waals surface area (Å²) in [5.74, 6) is 1.07. The molecular formula is C15H16N2O2. The van der Waals surface area contributed by atoms with Crippen LogP contribution in [-0.2, 0) is 0 Å². The molecule has 0 spiro atoms. The van der Waals surface area contributed by atoms with Gasteiger partial charge in [0, 0.05) is 17.7 Å². The van der Waals surface area contributed by atoms with Gasteiger partial charge in [-0.05, 0) is 43.9 Å². The molecule has 19 heavy (non-hydrogen) atoms. The van der Waals surface area contributed by atoms with Gasteiger partial charge in [-0.3, -0.25) is 4.79 Å². The van der Waals surface area contributed by atoms with Crippen LogP contribution in [0.3, 0.4) is 0 Å². The summed E-state index contributed by atoms with van der Waals surface area (Å²) in [6, 6.07) is 7.59. The normalized spacial score (nSPS) is 14.4. The van der Waals surface area contributed by atoms with Crippen molar-refractivity contribution in [3.63, 3.8) is 0 Å². The number of rotatable bonds is 3. The maximum atomic E-state index is 12.1. The molecule has 4 nitrogen and oxygen atoms in total. The van der Waals surface area contributed by atoms with Crippen molar-refractivity contribution in [2.75, 3.05) is 5.32 Å². The molecule has 1 aliphatic rings. The van der Waals surface area contributed by atoms with Crippen molar-refractivity contribution in [2.45, 2.75) is 32.6 Å². The van der Waals surface area contributed by atoms with Crippen LogP contribution in [0.2, 0.25) is 0 Å². The lowest BCUT2D eigenvalue weighted by molar-refractivity contribution is 0.101. The van der Waals surface area contributed by atoms with E-state index in [1.165, 1.54) is 0 Å². The van der Waals surface area contributed by atoms with Crippen LogP contribution in [0.4, 0.5) is 5.69 Å². The van der Waals surface area contributed by atoms with E-state index in [9.17, 15) is 4.79 Å². The van der Waals surface area contributed by atoms with Crippen molar-refractivity contribution in [2.24, 2.45) is 0 Å². The second-order valence-corrected chi connectivity index (χ2v) is 5.09. The first kappa shape index (κ1) is 12.0. The van der Waals surface area contributed by atoms with Crippen LogP contribution < -0.4 is 5.32 Å². The Morgan fingerprint density at radius 2 is 2.16 bits per heavy atom. The van der Waals surface area contributed by atoms with Gasteiger partial charge in [0.15, 0.2) is 5.69 Å². The van der Waals surface area contributed by atoms with Crippen LogP contribution in [0.15, 0.2) is 28.8 Å². The third kappa shape index (κ3) is 2.38. The average molecular weight is 256 g/mol. The monoisotopic (exact) mass is 256 g/mol. The summed E-state index contributed by atoms with van der Waals surface area (Å²) >= 11 is 0. The molecule has 1 aromatic carbocycles. The molecule has 98 valence electrons. The summed E-state index contributed by atoms with van der Waals surface area (Å²) in [7, 11) is 0. The standard InChI is InChI=1S/C15H16N2O2/c1-9-4-3-5-12(10(9)2)16-15(18)13-8-14(19-17-13)11-6-7-11/h3-5,8,11H,6-7H2,1-2H3,(H,16,18). The fourth-order valence-corrected chi connectivity index (χ4v) is 2.03. The van der Waals surface area contributed by atoms with Gasteiger partial charge in [0.05, 0.1) is 0 Å². The highest BCUT2D eigenvalue weighted by atomic mass is 16.5. The SMILES string of the molecule is Cc1cccc(NC(=O)c2cc(C3CC3)on2)c1C. The highest BCUT2D eigenvalue weighted by Gasteiger charge is 2.28. The molecule has 0 saturated heterocycles. The zero-order chi connectivity index (χ0) is 13.4. The first-order valence-electron chi connectivity index (χ1n) is 6.49. The van der Waals surface area contributed by atoms with E-state index in [2.05, 4.69) is 10.5 Å². The highest BCUT2D eigenvalue weighted by Crippen LogP contribution is 2.40. The van der Waals surface area contributed by atoms with E-state index >= 15 is 0 Å². The van der Waals surface area contributed by atoms with E-state index in [0.29, 0.717) is 11.6 Å². The molecule has 2 aromatic rings. The van der Waals surface area contributed by atoms with Crippen molar-refractivity contribution in [1.29, 1.82) is 0 Å². The molecule has 1 N–H and O–H groups in total. The van der Waals surface area contributed by atoms with Gasteiger partial charge in [0.2, 0.25) is 0 Å². The molecule has 1 aliphatic carbocycles. The number of hydrogen-bond donors (Lipinski definition) is 1. The Balaban J connectivity index is 1.78. The number of nitrogens with one attached hydrogen (secondary N) is 1. The lowest BCUT2D eigenvalue weighted by Gasteiger charge is -2.08. The second kappa shape index (κ2) is 4.53. The second-order valence-electron chi connectivity index (χ2n) is 5.09. The molecule has 1 aromatic heterocycles. The zero-order valence-electron chi connectivity index (χ0n) is 11.1. The van der Waals surface area contributed by atoms with E-state index < -0.39 is 0 Å². The fourth-order valence-electron chi connectivity index (χ4n) is 2.03. The van der Waals surface area contributed by atoms with Gasteiger partial charge in [-0.25, -0.2) is 0 Å². The Morgan fingerprint density at radius 1 is 1.37 bits per heavy atom. The molecule has 1 heterocycles. The van der Waals surface area contributed by atoms with Gasteiger partial charge in [-0.2, -0.15) is 0 Å². The first-order chi connectivity index (χ1) is 9.15. The number of anilines is 1. The summed E-state index contributed by atoms with van der Waals surface area (Å²) in [5.41, 5.74) is 3.39. The van der Waals surface area contributed by atoms with Crippen molar-refractivity contribution in [3.05, 3.63) is 46.8 Å². The molecule has 0 aliphatic heterocycles. The number of aryl methyl sites for hydroxylation is 1. The third-order valence-corrected chi connectivity index (χ3v) is 3.59. The van der Waals surface area contributed by atoms with Crippen LogP contribution >= 0.6 is 0 Å². The molecule has 1 fully saturated rings. The average Bonchev–Trinajstić information content (AvgIpc) is 3.12. The number of amides is 1. The Kier molecular flexibility index (Phi) is 2.85. The van der Waals surface area contributed by atoms with Gasteiger partial charge >= 0.3 is 0 Å². The van der Waals surface area contributed by atoms with Gasteiger partial charge in [-0.15, -0.1) is 0 Å². The Morgan fingerprint density at radius 3 is 2.89 bits per heavy atom. The van der Waals surface area contributed by atoms with Crippen LogP contribution in [0, 0.1) is 13.8 Å². The third-order valence-electron chi connectivity index (χ3n) is 3.59. The van der Waals surface area contributed by atoms with E-state index in [0.717, 1.165) is 35.4 Å². The number of carbonyl (C=O) groups is 1. The molecule has 4 heteroatoms. The number of benzene rings is 1. The van der Waals surface area contributed by atoms with Crippen molar-refractivity contribution in [3.8, 4) is 0 Å². The summed E-state index contributed by atoms with van der Waals surface area (Å²) in [6.07, 6.45) is 2.26. The van der Waals surface area contributed by atoms with Crippen molar-refractivity contribution >= 4 is 11.6 Å². The van der Waals surface area contributed by atoms with Gasteiger partial charge in [0.1, 0.15) is 5.76 Å². The van der Waals surface area contributed by atoms with Crippen LogP contribution in [-0.4, -0.2) is 11.1 Å². The highest BCUT2D eigenvalue weighted by molar-refractivity contribution is 6.03. The maximum Gasteiger partial charge on any atom is 0.277 e. The summed E-state index contributed by atoms with van der Waals surface area (Å²) in [4.78, 5) is 12.1.